The van der Waals surface area contributed by atoms with Crippen molar-refractivity contribution in [1.82, 2.24) is 9.71 Å². The number of anilines is 1. The molecule has 3 heterocycles. The van der Waals surface area contributed by atoms with Crippen LogP contribution < -0.4 is 14.4 Å². The van der Waals surface area contributed by atoms with Crippen LogP contribution in [0.25, 0.3) is 17.2 Å². The number of thiophene rings is 1. The Morgan fingerprint density at radius 2 is 2.00 bits per heavy atom. The van der Waals surface area contributed by atoms with Gasteiger partial charge in [-0.25, -0.2) is 13.4 Å². The summed E-state index contributed by atoms with van der Waals surface area (Å²) in [6.07, 6.45) is 3.54. The summed E-state index contributed by atoms with van der Waals surface area (Å²) in [6, 6.07) is 13.9. The molecule has 0 aliphatic carbocycles. The van der Waals surface area contributed by atoms with E-state index >= 15 is 0 Å². The van der Waals surface area contributed by atoms with E-state index < -0.39 is 16.1 Å². The lowest BCUT2D eigenvalue weighted by molar-refractivity contribution is -0.118. The highest BCUT2D eigenvalue weighted by molar-refractivity contribution is 7.92. The third-order valence-corrected chi connectivity index (χ3v) is 7.41. The van der Waals surface area contributed by atoms with Crippen LogP contribution in [0.2, 0.25) is 4.34 Å². The van der Waals surface area contributed by atoms with E-state index in [1.54, 1.807) is 24.4 Å². The van der Waals surface area contributed by atoms with Crippen molar-refractivity contribution in [3.8, 4) is 16.9 Å². The van der Waals surface area contributed by atoms with Gasteiger partial charge in [-0.15, -0.1) is 11.3 Å². The molecule has 0 spiro atoms. The number of amides is 1. The molecule has 34 heavy (non-hydrogen) atoms. The molecule has 1 aliphatic rings. The van der Waals surface area contributed by atoms with E-state index in [0.29, 0.717) is 28.0 Å². The number of benzene rings is 1. The lowest BCUT2D eigenvalue weighted by Crippen LogP contribution is -2.40. The van der Waals surface area contributed by atoms with E-state index in [0.717, 1.165) is 22.3 Å². The summed E-state index contributed by atoms with van der Waals surface area (Å²) >= 11 is 7.14. The number of rotatable bonds is 8. The van der Waals surface area contributed by atoms with Crippen molar-refractivity contribution < 1.29 is 17.9 Å². The molecule has 2 aromatic heterocycles. The minimum absolute atomic E-state index is 0.0364. The molecule has 0 saturated carbocycles. The highest BCUT2D eigenvalue weighted by Gasteiger charge is 2.35. The van der Waals surface area contributed by atoms with Gasteiger partial charge in [-0.2, -0.15) is 4.72 Å². The molecule has 10 heteroatoms. The van der Waals surface area contributed by atoms with Crippen LogP contribution in [0.1, 0.15) is 25.1 Å². The fraction of sp³-hybridized carbons (Fsp3) is 0.250. The molecule has 0 unspecified atom stereocenters. The van der Waals surface area contributed by atoms with Gasteiger partial charge in [0.2, 0.25) is 15.9 Å². The maximum Gasteiger partial charge on any atom is 0.246 e. The van der Waals surface area contributed by atoms with E-state index in [2.05, 4.69) is 9.71 Å². The zero-order valence-corrected chi connectivity index (χ0v) is 21.0. The molecule has 1 N–H and O–H groups in total. The van der Waals surface area contributed by atoms with E-state index in [-0.39, 0.29) is 12.0 Å². The first kappa shape index (κ1) is 24.4. The average Bonchev–Trinajstić information content (AvgIpc) is 3.38. The van der Waals surface area contributed by atoms with Crippen molar-refractivity contribution >= 4 is 50.8 Å². The summed E-state index contributed by atoms with van der Waals surface area (Å²) < 4.78 is 33.8. The first-order valence-electron chi connectivity index (χ1n) is 10.7. The number of carbonyl (C=O) groups is 1. The van der Waals surface area contributed by atoms with E-state index in [4.69, 9.17) is 16.3 Å². The molecule has 4 rings (SSSR count). The largest absolute Gasteiger partial charge is 0.490 e. The van der Waals surface area contributed by atoms with Gasteiger partial charge in [0.25, 0.3) is 0 Å². The molecule has 1 saturated heterocycles. The van der Waals surface area contributed by atoms with Crippen molar-refractivity contribution in [1.29, 1.82) is 0 Å². The second-order valence-corrected chi connectivity index (χ2v) is 11.4. The maximum atomic E-state index is 12.9. The number of para-hydroxylation sites is 1. The Hall–Kier alpha value is -2.72. The van der Waals surface area contributed by atoms with Crippen LogP contribution in [0, 0.1) is 0 Å². The van der Waals surface area contributed by atoms with Crippen LogP contribution in [0.3, 0.4) is 0 Å². The second-order valence-electron chi connectivity index (χ2n) is 8.01. The van der Waals surface area contributed by atoms with Gasteiger partial charge in [0.15, 0.2) is 0 Å². The van der Waals surface area contributed by atoms with Gasteiger partial charge in [-0.05, 0) is 56.7 Å². The fourth-order valence-corrected chi connectivity index (χ4v) is 5.67. The second kappa shape index (κ2) is 10.3. The minimum atomic E-state index is -3.80. The Morgan fingerprint density at radius 1 is 1.21 bits per heavy atom. The van der Waals surface area contributed by atoms with Crippen LogP contribution in [-0.2, 0) is 14.8 Å². The number of nitrogens with one attached hydrogen (secondary N) is 1. The molecule has 0 radical (unpaired) electrons. The number of nitrogens with zero attached hydrogens (tertiary/aromatic N) is 2. The van der Waals surface area contributed by atoms with Crippen molar-refractivity contribution in [3.05, 3.63) is 69.3 Å². The summed E-state index contributed by atoms with van der Waals surface area (Å²) in [5.74, 6) is 0.901. The molecule has 0 bridgehead atoms. The predicted octanol–water partition coefficient (Wildman–Crippen LogP) is 4.95. The van der Waals surface area contributed by atoms with E-state index in [9.17, 15) is 13.2 Å². The number of hydrogen-bond acceptors (Lipinski definition) is 6. The van der Waals surface area contributed by atoms with Crippen LogP contribution in [-0.4, -0.2) is 38.0 Å². The molecule has 178 valence electrons. The first-order chi connectivity index (χ1) is 16.2. The van der Waals surface area contributed by atoms with Gasteiger partial charge in [0, 0.05) is 34.2 Å². The molecular weight excluding hydrogens is 494 g/mol. The molecule has 1 fully saturated rings. The SMILES string of the molecule is CC(C)Oc1ccccc1-c1ccc(N2CC[C@H](NS(=O)(=O)C=Cc3ccc(Cl)s3)C2=O)nc1. The summed E-state index contributed by atoms with van der Waals surface area (Å²) in [4.78, 5) is 19.6. The Bertz CT molecular complexity index is 1300. The maximum absolute atomic E-state index is 12.9. The number of sulfonamides is 1. The zero-order chi connectivity index (χ0) is 24.3. The van der Waals surface area contributed by atoms with Crippen molar-refractivity contribution in [2.75, 3.05) is 11.4 Å². The number of carbonyl (C=O) groups excluding carboxylic acids is 1. The zero-order valence-electron chi connectivity index (χ0n) is 18.6. The third kappa shape index (κ3) is 5.85. The van der Waals surface area contributed by atoms with Crippen LogP contribution in [0.5, 0.6) is 5.75 Å². The van der Waals surface area contributed by atoms with Crippen molar-refractivity contribution in [2.24, 2.45) is 0 Å². The Kier molecular flexibility index (Phi) is 7.37. The van der Waals surface area contributed by atoms with Crippen molar-refractivity contribution in [2.45, 2.75) is 32.4 Å². The molecule has 1 amide bonds. The Labute approximate surface area is 208 Å². The van der Waals surface area contributed by atoms with Crippen LogP contribution in [0.4, 0.5) is 5.82 Å². The lowest BCUT2D eigenvalue weighted by atomic mass is 10.1. The van der Waals surface area contributed by atoms with Gasteiger partial charge >= 0.3 is 0 Å². The molecule has 1 atom stereocenters. The Morgan fingerprint density at radius 3 is 2.68 bits per heavy atom. The lowest BCUT2D eigenvalue weighted by Gasteiger charge is -2.17. The summed E-state index contributed by atoms with van der Waals surface area (Å²) in [6.45, 7) is 4.31. The Balaban J connectivity index is 1.44. The van der Waals surface area contributed by atoms with Crippen LogP contribution in [0.15, 0.2) is 60.1 Å². The highest BCUT2D eigenvalue weighted by Crippen LogP contribution is 2.31. The average molecular weight is 518 g/mol. The fourth-order valence-electron chi connectivity index (χ4n) is 3.60. The van der Waals surface area contributed by atoms with Gasteiger partial charge < -0.3 is 4.74 Å². The molecule has 7 nitrogen and oxygen atoms in total. The quantitative estimate of drug-likeness (QED) is 0.457. The van der Waals surface area contributed by atoms with Gasteiger partial charge in [-0.3, -0.25) is 9.69 Å². The monoisotopic (exact) mass is 517 g/mol. The van der Waals surface area contributed by atoms with Gasteiger partial charge in [0.1, 0.15) is 17.6 Å². The minimum Gasteiger partial charge on any atom is -0.490 e. The number of halogens is 1. The van der Waals surface area contributed by atoms with Crippen molar-refractivity contribution in [3.63, 3.8) is 0 Å². The normalized spacial score (nSPS) is 16.6. The molecule has 3 aromatic rings. The molecule has 1 aromatic carbocycles. The number of ether oxygens (including phenoxy) is 1. The number of aromatic nitrogens is 1. The molecular formula is C24H24ClN3O4S2. The van der Waals surface area contributed by atoms with E-state index in [1.165, 1.54) is 22.3 Å². The smallest absolute Gasteiger partial charge is 0.246 e. The van der Waals surface area contributed by atoms with Crippen LogP contribution >= 0.6 is 22.9 Å². The predicted molar refractivity (Wildman–Crippen MR) is 137 cm³/mol. The molecule has 1 aliphatic heterocycles. The third-order valence-electron chi connectivity index (χ3n) is 5.10. The van der Waals surface area contributed by atoms with E-state index in [1.807, 2.05) is 44.2 Å². The summed E-state index contributed by atoms with van der Waals surface area (Å²) in [5, 5.41) is 1.05. The summed E-state index contributed by atoms with van der Waals surface area (Å²) in [5.41, 5.74) is 1.77. The van der Waals surface area contributed by atoms with Gasteiger partial charge in [0.05, 0.1) is 10.4 Å². The topological polar surface area (TPSA) is 88.6 Å². The first-order valence-corrected chi connectivity index (χ1v) is 13.5. The number of pyridine rings is 1. The number of hydrogen-bond donors (Lipinski definition) is 1. The van der Waals surface area contributed by atoms with Gasteiger partial charge in [-0.1, -0.05) is 29.8 Å². The summed E-state index contributed by atoms with van der Waals surface area (Å²) in [7, 11) is -3.80. The highest BCUT2D eigenvalue weighted by atomic mass is 35.5. The standard InChI is InChI=1S/C24H24ClN3O4S2/c1-16(2)32-21-6-4-3-5-19(21)17-7-10-23(26-15-17)28-13-11-20(24(28)29)27-34(30,31)14-12-18-8-9-22(25)33-18/h3-10,12,14-16,20,27H,11,13H2,1-2H3/t20-/m0/s1.